The molecule has 72 heavy (non-hydrogen) atoms. The zero-order chi connectivity index (χ0) is 58.0. The maximum Gasteiger partial charge on any atom is 0.475 e. The maximum atomic E-state index is 13.2. The Morgan fingerprint density at radius 1 is 0.611 bits per heavy atom. The minimum Gasteiger partial charge on any atom is -0.756 e. The predicted molar refractivity (Wildman–Crippen MR) is 261 cm³/mol. The number of carbonyl (C=O) groups is 1. The van der Waals surface area contributed by atoms with Crippen molar-refractivity contribution in [3.8, 4) is 0 Å². The van der Waals surface area contributed by atoms with Gasteiger partial charge in [-0.25, -0.2) is 9.13 Å². The van der Waals surface area contributed by atoms with Crippen LogP contribution in [0.5, 0.6) is 0 Å². The molecule has 0 amide bonds. The lowest BCUT2D eigenvalue weighted by atomic mass is 10.00. The van der Waals surface area contributed by atoms with Crippen molar-refractivity contribution in [3.63, 3.8) is 0 Å². The molecule has 0 aliphatic carbocycles. The fraction of sp³-hybridized carbons (Fsp3) is 0.976. The molecule has 0 aromatic heterocycles. The summed E-state index contributed by atoms with van der Waals surface area (Å²) in [5.74, 6) is 3.33. The lowest BCUT2D eigenvalue weighted by Crippen LogP contribution is -2.31. The second-order valence-electron chi connectivity index (χ2n) is 17.3. The molecule has 0 saturated carbocycles. The number of thioether (sulfide) groups is 2. The molecular formula is C41H76O25P3S3-. The number of aliphatic hydroxyl groups excluding tert-OH is 6. The molecule has 424 valence electrons. The van der Waals surface area contributed by atoms with Gasteiger partial charge in [0.2, 0.25) is 0 Å². The SMILES string of the molecule is C1CS1.[3H][C@@H]1C[C@@H](OP(=O)([O-])OC[C@H]2O[C@@H]([3H])C[C@H]2O)[C@@H](CO)O1.[3H][C@@H]1C[C@@H](O[P@@](=O)(OCCS)OC[C@H]2O[C@@H]([3H])C[C@H]2O)[C@@H](CO)O1.[3H][C@@H]1C[C@@H](O[P@@](=O)(OCCSC(=O)C(C)(C)C)OC[C@H]2O[C@@H]([3H])C[C@H]2O)[C@@H](CO)O1. The van der Waals surface area contributed by atoms with E-state index < -0.39 is 168 Å². The van der Waals surface area contributed by atoms with Gasteiger partial charge in [-0.1, -0.05) is 32.5 Å². The molecule has 0 aromatic carbocycles. The molecule has 7 aliphatic heterocycles. The van der Waals surface area contributed by atoms with Crippen molar-refractivity contribution >= 4 is 64.7 Å². The first-order valence-corrected chi connectivity index (χ1v) is 30.2. The summed E-state index contributed by atoms with van der Waals surface area (Å²) in [6.45, 7) is -2.56. The number of phosphoric ester groups is 3. The van der Waals surface area contributed by atoms with Crippen molar-refractivity contribution in [1.82, 2.24) is 0 Å². The quantitative estimate of drug-likeness (QED) is 0.0296. The Morgan fingerprint density at radius 3 is 1.29 bits per heavy atom. The van der Waals surface area contributed by atoms with Crippen LogP contribution >= 0.6 is 59.6 Å². The van der Waals surface area contributed by atoms with E-state index in [1.165, 1.54) is 11.5 Å². The Morgan fingerprint density at radius 2 is 0.958 bits per heavy atom. The number of thiol groups is 1. The van der Waals surface area contributed by atoms with Crippen LogP contribution in [0.1, 0.15) is 67.5 Å². The summed E-state index contributed by atoms with van der Waals surface area (Å²) in [5, 5.41) is 56.8. The van der Waals surface area contributed by atoms with Crippen LogP contribution in [0, 0.1) is 5.41 Å². The first-order valence-electron chi connectivity index (χ1n) is 26.5. The molecule has 7 fully saturated rings. The smallest absolute Gasteiger partial charge is 0.475 e. The number of carbonyl (C=O) groups excluding carboxylic acids is 1. The summed E-state index contributed by atoms with van der Waals surface area (Å²) in [5.41, 5.74) is -0.525. The largest absolute Gasteiger partial charge is 0.756 e. The van der Waals surface area contributed by atoms with Crippen LogP contribution in [0.3, 0.4) is 0 Å². The van der Waals surface area contributed by atoms with E-state index in [9.17, 15) is 48.9 Å². The minimum atomic E-state index is -4.69. The van der Waals surface area contributed by atoms with Gasteiger partial charge in [0.1, 0.15) is 48.8 Å². The highest BCUT2D eigenvalue weighted by molar-refractivity contribution is 8.13. The van der Waals surface area contributed by atoms with E-state index in [2.05, 4.69) is 17.2 Å². The van der Waals surface area contributed by atoms with Crippen LogP contribution in [-0.4, -0.2) is 224 Å². The first-order chi connectivity index (χ1) is 36.6. The lowest BCUT2D eigenvalue weighted by molar-refractivity contribution is -0.233. The van der Waals surface area contributed by atoms with E-state index in [1.807, 2.05) is 11.8 Å². The van der Waals surface area contributed by atoms with E-state index in [0.29, 0.717) is 0 Å². The van der Waals surface area contributed by atoms with Crippen LogP contribution < -0.4 is 4.89 Å². The number of hydrogen-bond donors (Lipinski definition) is 7. The minimum absolute atomic E-state index is 0.00182. The normalized spacial score (nSPS) is 41.0. The number of aliphatic hydroxyl groups is 6. The molecule has 25 nitrogen and oxygen atoms in total. The van der Waals surface area contributed by atoms with Gasteiger partial charge in [0.15, 0.2) is 5.12 Å². The Hall–Kier alpha value is 0.570. The van der Waals surface area contributed by atoms with Crippen LogP contribution in [0.15, 0.2) is 0 Å². The Bertz CT molecular complexity index is 1920. The number of ether oxygens (including phenoxy) is 6. The van der Waals surface area contributed by atoms with Crippen LogP contribution in [0.4, 0.5) is 0 Å². The summed E-state index contributed by atoms with van der Waals surface area (Å²) in [7, 11) is -12.9. The number of rotatable bonds is 25. The maximum absolute atomic E-state index is 13.2. The van der Waals surface area contributed by atoms with Gasteiger partial charge in [0, 0.05) is 87.2 Å². The van der Waals surface area contributed by atoms with Crippen molar-refractivity contribution in [2.75, 3.05) is 115 Å². The van der Waals surface area contributed by atoms with Gasteiger partial charge < -0.3 is 73.0 Å². The standard InChI is InChI=1S/C17H31O9PS.C12H23O8PS.C10H19O8P.C2H4S/c1-17(2,3)16(20)28-9-8-24-27(21,25-11-15-12(19)4-6-23-15)26-13-5-7-22-14(13)10-18;13-7-11-10(2-4-16-11)20-21(15,18-5-6-22)19-8-12-9(14)1-3-17-12;11-5-9-8(2-4-15-9)18-19(13,14)17-6-10-7(12)1-3-16-10;1-2-3-1/h12-15,18-19H,4-11H2,1-3H3;9-14,22H,1-8H2;7-12H,1-6H2,(H,13,14);1-2H2/p-1/t12-,13-,14-,15-,27+;9-,10-,11-,12-,21+;7-,8-,9-,10-;/m111./s1/i6T,7T;2*3T,4T;/t6-,7+,12+,13+,14+,15+,27-;3-,4+,9+,10+,11+,12+,21-;3-,4+,7+,8+,9+,10+;/m000.. The monoisotopic (exact) mass is 1170 g/mol. The molecule has 0 aromatic rings. The molecule has 6 N–H and O–H groups in total. The van der Waals surface area contributed by atoms with Crippen molar-refractivity contribution in [1.29, 1.82) is 0 Å². The van der Waals surface area contributed by atoms with Crippen molar-refractivity contribution in [2.24, 2.45) is 5.41 Å². The van der Waals surface area contributed by atoms with Gasteiger partial charge in [-0.2, -0.15) is 24.4 Å². The molecule has 7 saturated heterocycles. The highest BCUT2D eigenvalue weighted by Gasteiger charge is 2.42. The Balaban J connectivity index is 0.000000249. The van der Waals surface area contributed by atoms with Gasteiger partial charge in [0.05, 0.1) is 85.5 Å². The highest BCUT2D eigenvalue weighted by atomic mass is 32.2. The van der Waals surface area contributed by atoms with Gasteiger partial charge in [0.25, 0.3) is 7.82 Å². The summed E-state index contributed by atoms with van der Waals surface area (Å²) >= 11 is 7.01. The second-order valence-corrected chi connectivity index (χ2v) is 24.6. The summed E-state index contributed by atoms with van der Waals surface area (Å²) in [4.78, 5) is 23.7. The Labute approximate surface area is 443 Å². The molecule has 0 bridgehead atoms. The molecule has 0 radical (unpaired) electrons. The lowest BCUT2D eigenvalue weighted by Gasteiger charge is -2.29. The molecule has 31 heteroatoms. The molecular weight excluding hydrogens is 1080 g/mol. The zero-order valence-electron chi connectivity index (χ0n) is 46.2. The second kappa shape index (κ2) is 33.2. The van der Waals surface area contributed by atoms with E-state index in [0.717, 1.165) is 11.8 Å². The molecule has 21 atom stereocenters. The first kappa shape index (κ1) is 55.9. The van der Waals surface area contributed by atoms with Crippen LogP contribution in [0.25, 0.3) is 0 Å². The van der Waals surface area contributed by atoms with Gasteiger partial charge in [-0.05, 0) is 19.3 Å². The van der Waals surface area contributed by atoms with Crippen LogP contribution in [-0.2, 0) is 83.1 Å². The summed E-state index contributed by atoms with van der Waals surface area (Å²) in [6, 6.07) is 0. The van der Waals surface area contributed by atoms with Crippen molar-refractivity contribution in [3.05, 3.63) is 0 Å². The average molecular weight is 1170 g/mol. The number of hydrogen-bond acceptors (Lipinski definition) is 28. The van der Waals surface area contributed by atoms with E-state index >= 15 is 0 Å². The fourth-order valence-corrected chi connectivity index (χ4v) is 11.1. The molecule has 7 heterocycles. The van der Waals surface area contributed by atoms with Gasteiger partial charge >= 0.3 is 15.6 Å². The zero-order valence-corrected chi connectivity index (χ0v) is 45.4. The molecule has 0 spiro atoms. The summed E-state index contributed by atoms with van der Waals surface area (Å²) < 4.78 is 155. The van der Waals surface area contributed by atoms with Crippen LogP contribution in [0.2, 0.25) is 0 Å². The van der Waals surface area contributed by atoms with Crippen molar-refractivity contribution < 1.29 is 127 Å². The topological polar surface area (TPSA) is 342 Å². The average Bonchev–Trinajstić information content (AvgIpc) is 3.55. The fourth-order valence-electron chi connectivity index (χ4n) is 6.24. The third-order valence-corrected chi connectivity index (χ3v) is 16.2. The predicted octanol–water partition coefficient (Wildman–Crippen LogP) is 1.64. The van der Waals surface area contributed by atoms with Crippen molar-refractivity contribution in [2.45, 2.75) is 133 Å². The van der Waals surface area contributed by atoms with E-state index in [1.54, 1.807) is 20.8 Å². The van der Waals surface area contributed by atoms with E-state index in [-0.39, 0.29) is 81.6 Å². The van der Waals surface area contributed by atoms with Gasteiger partial charge in [-0.15, -0.1) is 0 Å². The molecule has 7 rings (SSSR count). The molecule has 7 aliphatic rings. The van der Waals surface area contributed by atoms with Gasteiger partial charge in [-0.3, -0.25) is 36.5 Å². The number of phosphoric acid groups is 3. The third kappa shape index (κ3) is 23.9. The van der Waals surface area contributed by atoms with E-state index in [4.69, 9.17) is 73.4 Å². The summed E-state index contributed by atoms with van der Waals surface area (Å²) in [6.07, 6.45) is -10.1. The molecule has 1 unspecified atom stereocenters. The Kier molecular flexibility index (Phi) is 25.8. The third-order valence-electron chi connectivity index (χ3n) is 10.4. The highest BCUT2D eigenvalue weighted by Crippen LogP contribution is 2.54.